The van der Waals surface area contributed by atoms with E-state index < -0.39 is 0 Å². The second-order valence-corrected chi connectivity index (χ2v) is 8.12. The number of fused-ring (bicyclic) bond motifs is 1. The normalized spacial score (nSPS) is 12.5. The van der Waals surface area contributed by atoms with Gasteiger partial charge in [0.1, 0.15) is 11.5 Å². The zero-order valence-corrected chi connectivity index (χ0v) is 18.0. The number of benzene rings is 2. The molecule has 0 fully saturated rings. The highest BCUT2D eigenvalue weighted by atomic mass is 127. The van der Waals surface area contributed by atoms with Gasteiger partial charge in [0, 0.05) is 15.7 Å². The van der Waals surface area contributed by atoms with E-state index in [-0.39, 0.29) is 0 Å². The molecule has 0 atom stereocenters. The molecule has 2 aromatic carbocycles. The van der Waals surface area contributed by atoms with Gasteiger partial charge in [0.2, 0.25) is 6.79 Å². The van der Waals surface area contributed by atoms with Gasteiger partial charge in [-0.05, 0) is 65.8 Å². The molecular formula is C23H19IN2O3. The number of imidazole rings is 1. The summed E-state index contributed by atoms with van der Waals surface area (Å²) >= 11 is 2.36. The summed E-state index contributed by atoms with van der Waals surface area (Å²) in [5, 5.41) is 0. The summed E-state index contributed by atoms with van der Waals surface area (Å²) in [6.45, 7) is 3.03. The van der Waals surface area contributed by atoms with Crippen molar-refractivity contribution in [3.8, 4) is 34.2 Å². The first kappa shape index (κ1) is 18.3. The van der Waals surface area contributed by atoms with Crippen LogP contribution in [-0.2, 0) is 13.0 Å². The molecule has 0 aliphatic carbocycles. The van der Waals surface area contributed by atoms with Gasteiger partial charge in [-0.2, -0.15) is 0 Å². The molecular weight excluding hydrogens is 479 g/mol. The van der Waals surface area contributed by atoms with Gasteiger partial charge in [-0.3, -0.25) is 0 Å². The molecule has 0 N–H and O–H groups in total. The van der Waals surface area contributed by atoms with Crippen LogP contribution >= 0.6 is 22.6 Å². The summed E-state index contributed by atoms with van der Waals surface area (Å²) in [5.74, 6) is 3.35. The number of hydrogen-bond acceptors (Lipinski definition) is 4. The minimum Gasteiger partial charge on any atom is -0.460 e. The number of halogens is 1. The van der Waals surface area contributed by atoms with Crippen molar-refractivity contribution in [2.75, 3.05) is 6.79 Å². The third-order valence-electron chi connectivity index (χ3n) is 5.02. The van der Waals surface area contributed by atoms with E-state index in [1.807, 2.05) is 49.6 Å². The first-order valence-electron chi connectivity index (χ1n) is 9.44. The number of aromatic nitrogens is 2. The number of ether oxygens (including phenoxy) is 2. The fraction of sp³-hybridized carbons (Fsp3) is 0.174. The maximum Gasteiger partial charge on any atom is 0.231 e. The van der Waals surface area contributed by atoms with Crippen LogP contribution in [0, 0.1) is 10.5 Å². The zero-order chi connectivity index (χ0) is 19.8. The fourth-order valence-corrected chi connectivity index (χ4v) is 4.28. The van der Waals surface area contributed by atoms with Crippen molar-refractivity contribution in [2.24, 2.45) is 0 Å². The summed E-state index contributed by atoms with van der Waals surface area (Å²) in [7, 11) is 0. The standard InChI is InChI=1S/C23H19IN2O3/c1-15-7-8-19(29-15)23-22(16-5-3-2-4-6-16)25-13-26(23)10-9-17-11-20-21(12-18(17)24)28-14-27-20/h2-8,11-13H,9-10,14H2,1H3. The minimum absolute atomic E-state index is 0.290. The van der Waals surface area contributed by atoms with Crippen LogP contribution in [0.15, 0.2) is 65.3 Å². The topological polar surface area (TPSA) is 49.4 Å². The Morgan fingerprint density at radius 3 is 2.59 bits per heavy atom. The summed E-state index contributed by atoms with van der Waals surface area (Å²) in [4.78, 5) is 4.72. The van der Waals surface area contributed by atoms with Crippen molar-refractivity contribution in [3.63, 3.8) is 0 Å². The number of hydrogen-bond donors (Lipinski definition) is 0. The predicted molar refractivity (Wildman–Crippen MR) is 119 cm³/mol. The molecule has 0 saturated carbocycles. The van der Waals surface area contributed by atoms with E-state index in [2.05, 4.69) is 45.4 Å². The molecule has 0 unspecified atom stereocenters. The lowest BCUT2D eigenvalue weighted by Gasteiger charge is -2.10. The number of furan rings is 1. The number of rotatable bonds is 5. The first-order valence-corrected chi connectivity index (χ1v) is 10.5. The van der Waals surface area contributed by atoms with Crippen LogP contribution in [0.3, 0.4) is 0 Å². The SMILES string of the molecule is Cc1ccc(-c2c(-c3ccccc3)ncn2CCc2cc3c(cc2I)OCO3)o1. The van der Waals surface area contributed by atoms with Gasteiger partial charge >= 0.3 is 0 Å². The van der Waals surface area contributed by atoms with E-state index in [0.717, 1.165) is 52.9 Å². The van der Waals surface area contributed by atoms with E-state index in [1.165, 1.54) is 9.13 Å². The Hall–Kier alpha value is -2.74. The molecule has 0 saturated heterocycles. The van der Waals surface area contributed by atoms with E-state index in [9.17, 15) is 0 Å². The van der Waals surface area contributed by atoms with Crippen molar-refractivity contribution >= 4 is 22.6 Å². The fourth-order valence-electron chi connectivity index (χ4n) is 3.57. The highest BCUT2D eigenvalue weighted by Crippen LogP contribution is 2.36. The van der Waals surface area contributed by atoms with Crippen molar-refractivity contribution in [1.29, 1.82) is 0 Å². The molecule has 0 radical (unpaired) electrons. The molecule has 5 nitrogen and oxygen atoms in total. The van der Waals surface area contributed by atoms with Crippen LogP contribution in [0.2, 0.25) is 0 Å². The Bertz CT molecular complexity index is 1160. The van der Waals surface area contributed by atoms with E-state index in [0.29, 0.717) is 6.79 Å². The van der Waals surface area contributed by atoms with Gasteiger partial charge < -0.3 is 18.5 Å². The maximum absolute atomic E-state index is 5.97. The summed E-state index contributed by atoms with van der Waals surface area (Å²) in [5.41, 5.74) is 4.24. The molecule has 4 aromatic rings. The molecule has 0 bridgehead atoms. The Morgan fingerprint density at radius 1 is 1.03 bits per heavy atom. The lowest BCUT2D eigenvalue weighted by Crippen LogP contribution is -2.03. The van der Waals surface area contributed by atoms with Crippen LogP contribution in [0.5, 0.6) is 11.5 Å². The van der Waals surface area contributed by atoms with Crippen LogP contribution in [0.25, 0.3) is 22.7 Å². The molecule has 1 aliphatic heterocycles. The molecule has 6 heteroatoms. The van der Waals surface area contributed by atoms with Crippen molar-refractivity contribution in [2.45, 2.75) is 19.9 Å². The lowest BCUT2D eigenvalue weighted by atomic mass is 10.1. The van der Waals surface area contributed by atoms with E-state index in [4.69, 9.17) is 18.9 Å². The van der Waals surface area contributed by atoms with Crippen LogP contribution < -0.4 is 9.47 Å². The van der Waals surface area contributed by atoms with Gasteiger partial charge in [-0.25, -0.2) is 4.98 Å². The third kappa shape index (κ3) is 3.53. The van der Waals surface area contributed by atoms with Crippen LogP contribution in [0.1, 0.15) is 11.3 Å². The second-order valence-electron chi connectivity index (χ2n) is 6.96. The minimum atomic E-state index is 0.290. The van der Waals surface area contributed by atoms with E-state index in [1.54, 1.807) is 0 Å². The molecule has 146 valence electrons. The third-order valence-corrected chi connectivity index (χ3v) is 6.03. The Balaban J connectivity index is 1.50. The average Bonchev–Trinajstić information content (AvgIpc) is 3.46. The Morgan fingerprint density at radius 2 is 1.83 bits per heavy atom. The van der Waals surface area contributed by atoms with Gasteiger partial charge in [-0.15, -0.1) is 0 Å². The smallest absolute Gasteiger partial charge is 0.231 e. The predicted octanol–water partition coefficient (Wildman–Crippen LogP) is 5.69. The highest BCUT2D eigenvalue weighted by Gasteiger charge is 2.19. The van der Waals surface area contributed by atoms with Gasteiger partial charge in [0.15, 0.2) is 17.3 Å². The van der Waals surface area contributed by atoms with Crippen LogP contribution in [0.4, 0.5) is 0 Å². The zero-order valence-electron chi connectivity index (χ0n) is 15.9. The number of aryl methyl sites for hydroxylation is 3. The molecule has 1 aliphatic rings. The Labute approximate surface area is 182 Å². The molecule has 2 aromatic heterocycles. The van der Waals surface area contributed by atoms with Gasteiger partial charge in [-0.1, -0.05) is 30.3 Å². The van der Waals surface area contributed by atoms with E-state index >= 15 is 0 Å². The lowest BCUT2D eigenvalue weighted by molar-refractivity contribution is 0.174. The molecule has 0 amide bonds. The molecule has 29 heavy (non-hydrogen) atoms. The monoisotopic (exact) mass is 498 g/mol. The second kappa shape index (κ2) is 7.59. The van der Waals surface area contributed by atoms with Crippen LogP contribution in [-0.4, -0.2) is 16.3 Å². The highest BCUT2D eigenvalue weighted by molar-refractivity contribution is 14.1. The van der Waals surface area contributed by atoms with Crippen molar-refractivity contribution in [3.05, 3.63) is 75.8 Å². The molecule has 0 spiro atoms. The maximum atomic E-state index is 5.97. The first-order chi connectivity index (χ1) is 14.2. The summed E-state index contributed by atoms with van der Waals surface area (Å²) < 4.78 is 20.3. The number of nitrogens with zero attached hydrogens (tertiary/aromatic N) is 2. The van der Waals surface area contributed by atoms with Crippen molar-refractivity contribution < 1.29 is 13.9 Å². The quantitative estimate of drug-likeness (QED) is 0.332. The molecule has 3 heterocycles. The average molecular weight is 498 g/mol. The molecule has 5 rings (SSSR count). The van der Waals surface area contributed by atoms with Crippen molar-refractivity contribution in [1.82, 2.24) is 9.55 Å². The summed E-state index contributed by atoms with van der Waals surface area (Å²) in [6.07, 6.45) is 2.75. The largest absolute Gasteiger partial charge is 0.460 e. The Kier molecular flexibility index (Phi) is 4.79. The van der Waals surface area contributed by atoms with Gasteiger partial charge in [0.25, 0.3) is 0 Å². The van der Waals surface area contributed by atoms with Gasteiger partial charge in [0.05, 0.1) is 12.0 Å². The summed E-state index contributed by atoms with van der Waals surface area (Å²) in [6, 6.07) is 18.3.